The van der Waals surface area contributed by atoms with Crippen molar-refractivity contribution < 1.29 is 14.3 Å². The van der Waals surface area contributed by atoms with Crippen LogP contribution in [0.1, 0.15) is 50.5 Å². The molecule has 25 heavy (non-hydrogen) atoms. The molecule has 0 radical (unpaired) electrons. The van der Waals surface area contributed by atoms with Crippen LogP contribution in [-0.4, -0.2) is 43.7 Å². The predicted octanol–water partition coefficient (Wildman–Crippen LogP) is 3.12. The van der Waals surface area contributed by atoms with Gasteiger partial charge in [-0.3, -0.25) is 9.69 Å². The maximum absolute atomic E-state index is 12.3. The second-order valence-electron chi connectivity index (χ2n) is 7.26. The van der Waals surface area contributed by atoms with Crippen molar-refractivity contribution in [2.75, 3.05) is 26.8 Å². The van der Waals surface area contributed by atoms with Crippen LogP contribution in [0.4, 0.5) is 0 Å². The SMILES string of the molecule is CN(CC(=O)NC1CCCCCCC1)Cc1ccc2c(c1)OCCO2. The summed E-state index contributed by atoms with van der Waals surface area (Å²) in [6, 6.07) is 6.36. The molecular weight excluding hydrogens is 316 g/mol. The highest BCUT2D eigenvalue weighted by Crippen LogP contribution is 2.31. The van der Waals surface area contributed by atoms with Crippen molar-refractivity contribution in [3.63, 3.8) is 0 Å². The molecule has 1 aromatic carbocycles. The van der Waals surface area contributed by atoms with Crippen molar-refractivity contribution >= 4 is 5.91 Å². The average Bonchev–Trinajstić information content (AvgIpc) is 2.57. The Morgan fingerprint density at radius 2 is 1.76 bits per heavy atom. The van der Waals surface area contributed by atoms with Gasteiger partial charge in [0.2, 0.25) is 5.91 Å². The molecule has 1 fully saturated rings. The summed E-state index contributed by atoms with van der Waals surface area (Å²) in [5, 5.41) is 3.23. The molecule has 1 heterocycles. The van der Waals surface area contributed by atoms with Crippen LogP contribution in [0.2, 0.25) is 0 Å². The van der Waals surface area contributed by atoms with E-state index in [1.807, 2.05) is 30.1 Å². The third-order valence-corrected chi connectivity index (χ3v) is 4.94. The van der Waals surface area contributed by atoms with Gasteiger partial charge in [-0.25, -0.2) is 0 Å². The highest BCUT2D eigenvalue weighted by molar-refractivity contribution is 5.78. The van der Waals surface area contributed by atoms with Crippen molar-refractivity contribution in [3.05, 3.63) is 23.8 Å². The molecule has 0 unspecified atom stereocenters. The van der Waals surface area contributed by atoms with Crippen LogP contribution in [0.25, 0.3) is 0 Å². The van der Waals surface area contributed by atoms with E-state index < -0.39 is 0 Å². The van der Waals surface area contributed by atoms with E-state index in [1.54, 1.807) is 0 Å². The molecule has 1 saturated carbocycles. The minimum Gasteiger partial charge on any atom is -0.486 e. The molecule has 5 heteroatoms. The fourth-order valence-corrected chi connectivity index (χ4v) is 3.67. The number of likely N-dealkylation sites (N-methyl/N-ethyl adjacent to an activating group) is 1. The van der Waals surface area contributed by atoms with Gasteiger partial charge in [-0.2, -0.15) is 0 Å². The number of nitrogens with zero attached hydrogens (tertiary/aromatic N) is 1. The van der Waals surface area contributed by atoms with Gasteiger partial charge < -0.3 is 14.8 Å². The number of nitrogens with one attached hydrogen (secondary N) is 1. The van der Waals surface area contributed by atoms with Gasteiger partial charge in [-0.1, -0.05) is 38.2 Å². The van der Waals surface area contributed by atoms with Crippen molar-refractivity contribution in [1.82, 2.24) is 10.2 Å². The lowest BCUT2D eigenvalue weighted by molar-refractivity contribution is -0.122. The molecule has 3 rings (SSSR count). The molecule has 5 nitrogen and oxygen atoms in total. The van der Waals surface area contributed by atoms with Crippen LogP contribution in [-0.2, 0) is 11.3 Å². The summed E-state index contributed by atoms with van der Waals surface area (Å²) in [6.07, 6.45) is 8.66. The zero-order valence-electron chi connectivity index (χ0n) is 15.3. The monoisotopic (exact) mass is 346 g/mol. The standard InChI is InChI=1S/C20H30N2O3/c1-22(14-16-9-10-18-19(13-16)25-12-11-24-18)15-20(23)21-17-7-5-3-2-4-6-8-17/h9-10,13,17H,2-8,11-12,14-15H2,1H3,(H,21,23). The van der Waals surface area contributed by atoms with Crippen LogP contribution in [0.15, 0.2) is 18.2 Å². The zero-order chi connectivity index (χ0) is 17.5. The third kappa shape index (κ3) is 5.63. The van der Waals surface area contributed by atoms with E-state index in [2.05, 4.69) is 5.32 Å². The molecule has 1 aliphatic heterocycles. The first-order valence-electron chi connectivity index (χ1n) is 9.57. The van der Waals surface area contributed by atoms with E-state index >= 15 is 0 Å². The predicted molar refractivity (Wildman–Crippen MR) is 98.0 cm³/mol. The first kappa shape index (κ1) is 18.1. The van der Waals surface area contributed by atoms with Gasteiger partial charge in [-0.05, 0) is 37.6 Å². The molecule has 0 atom stereocenters. The minimum atomic E-state index is 0.130. The molecule has 0 spiro atoms. The third-order valence-electron chi connectivity index (χ3n) is 4.94. The quantitative estimate of drug-likeness (QED) is 0.890. The highest BCUT2D eigenvalue weighted by Gasteiger charge is 2.16. The molecule has 1 N–H and O–H groups in total. The van der Waals surface area contributed by atoms with Crippen molar-refractivity contribution in [1.29, 1.82) is 0 Å². The maximum Gasteiger partial charge on any atom is 0.234 e. The summed E-state index contributed by atoms with van der Waals surface area (Å²) in [5.74, 6) is 1.74. The van der Waals surface area contributed by atoms with E-state index in [-0.39, 0.29) is 5.91 Å². The first-order valence-corrected chi connectivity index (χ1v) is 9.57. The van der Waals surface area contributed by atoms with Gasteiger partial charge in [0.05, 0.1) is 6.54 Å². The number of rotatable bonds is 5. The summed E-state index contributed by atoms with van der Waals surface area (Å²) in [5.41, 5.74) is 1.13. The zero-order valence-corrected chi connectivity index (χ0v) is 15.3. The summed E-state index contributed by atoms with van der Waals surface area (Å²) >= 11 is 0. The fourth-order valence-electron chi connectivity index (χ4n) is 3.67. The number of hydrogen-bond donors (Lipinski definition) is 1. The van der Waals surface area contributed by atoms with Crippen molar-refractivity contribution in [2.45, 2.75) is 57.5 Å². The molecule has 138 valence electrons. The van der Waals surface area contributed by atoms with Crippen molar-refractivity contribution in [2.24, 2.45) is 0 Å². The van der Waals surface area contributed by atoms with Crippen LogP contribution in [0.5, 0.6) is 11.5 Å². The van der Waals surface area contributed by atoms with Gasteiger partial charge >= 0.3 is 0 Å². The molecule has 0 bridgehead atoms. The summed E-state index contributed by atoms with van der Waals surface area (Å²) in [7, 11) is 1.98. The van der Waals surface area contributed by atoms with Gasteiger partial charge in [0.1, 0.15) is 13.2 Å². The Hall–Kier alpha value is -1.75. The molecule has 2 aliphatic rings. The van der Waals surface area contributed by atoms with Crippen LogP contribution in [0, 0.1) is 0 Å². The highest BCUT2D eigenvalue weighted by atomic mass is 16.6. The van der Waals surface area contributed by atoms with E-state index in [1.165, 1.54) is 32.1 Å². The number of carbonyl (C=O) groups is 1. The van der Waals surface area contributed by atoms with E-state index in [0.29, 0.717) is 32.3 Å². The molecule has 0 saturated heterocycles. The Labute approximate surface area is 150 Å². The molecular formula is C20H30N2O3. The Kier molecular flexibility index (Phi) is 6.56. The molecule has 1 amide bonds. The second kappa shape index (κ2) is 9.09. The number of fused-ring (bicyclic) bond motifs is 1. The van der Waals surface area contributed by atoms with Crippen LogP contribution < -0.4 is 14.8 Å². The van der Waals surface area contributed by atoms with Gasteiger partial charge in [0.15, 0.2) is 11.5 Å². The fraction of sp³-hybridized carbons (Fsp3) is 0.650. The summed E-state index contributed by atoms with van der Waals surface area (Å²) in [6.45, 7) is 2.34. The van der Waals surface area contributed by atoms with Gasteiger partial charge in [0.25, 0.3) is 0 Å². The Bertz CT molecular complexity index is 568. The van der Waals surface area contributed by atoms with Crippen molar-refractivity contribution in [3.8, 4) is 11.5 Å². The van der Waals surface area contributed by atoms with Gasteiger partial charge in [0, 0.05) is 12.6 Å². The average molecular weight is 346 g/mol. The molecule has 0 aromatic heterocycles. The lowest BCUT2D eigenvalue weighted by atomic mass is 9.97. The van der Waals surface area contributed by atoms with E-state index in [9.17, 15) is 4.79 Å². The topological polar surface area (TPSA) is 50.8 Å². The van der Waals surface area contributed by atoms with Crippen LogP contribution >= 0.6 is 0 Å². The number of hydrogen-bond acceptors (Lipinski definition) is 4. The Morgan fingerprint density at radius 1 is 1.08 bits per heavy atom. The number of benzene rings is 1. The molecule has 1 aromatic rings. The lowest BCUT2D eigenvalue weighted by Gasteiger charge is -2.23. The smallest absolute Gasteiger partial charge is 0.234 e. The van der Waals surface area contributed by atoms with Gasteiger partial charge in [-0.15, -0.1) is 0 Å². The summed E-state index contributed by atoms with van der Waals surface area (Å²) in [4.78, 5) is 14.4. The number of ether oxygens (including phenoxy) is 2. The Balaban J connectivity index is 1.46. The van der Waals surface area contributed by atoms with E-state index in [4.69, 9.17) is 9.47 Å². The summed E-state index contributed by atoms with van der Waals surface area (Å²) < 4.78 is 11.2. The Morgan fingerprint density at radius 3 is 2.52 bits per heavy atom. The first-order chi connectivity index (χ1) is 12.2. The number of amides is 1. The lowest BCUT2D eigenvalue weighted by Crippen LogP contribution is -2.41. The minimum absolute atomic E-state index is 0.130. The largest absolute Gasteiger partial charge is 0.486 e. The molecule has 1 aliphatic carbocycles. The number of carbonyl (C=O) groups excluding carboxylic acids is 1. The maximum atomic E-state index is 12.3. The normalized spacial score (nSPS) is 18.5. The second-order valence-corrected chi connectivity index (χ2v) is 7.26. The van der Waals surface area contributed by atoms with Crippen LogP contribution in [0.3, 0.4) is 0 Å². The van der Waals surface area contributed by atoms with E-state index in [0.717, 1.165) is 29.9 Å².